The zero-order valence-electron chi connectivity index (χ0n) is 15.4. The Morgan fingerprint density at radius 2 is 2.00 bits per heavy atom. The number of hydrogen-bond donors (Lipinski definition) is 1. The number of amides is 1. The van der Waals surface area contributed by atoms with Crippen LogP contribution < -0.4 is 5.32 Å². The van der Waals surface area contributed by atoms with Crippen LogP contribution >= 0.6 is 33.9 Å². The van der Waals surface area contributed by atoms with Crippen molar-refractivity contribution in [1.29, 1.82) is 0 Å². The molecule has 0 radical (unpaired) electrons. The number of esters is 2. The number of nitrogens with one attached hydrogen (secondary N) is 1. The normalized spacial score (nSPS) is 10.6. The maximum absolute atomic E-state index is 12.3. The van der Waals surface area contributed by atoms with Crippen molar-refractivity contribution in [2.75, 3.05) is 19.0 Å². The number of anilines is 1. The third-order valence-corrected chi connectivity index (χ3v) is 5.95. The minimum absolute atomic E-state index is 0.170. The van der Waals surface area contributed by atoms with Gasteiger partial charge in [-0.2, -0.15) is 5.10 Å². The molecular weight excluding hydrogens is 485 g/mol. The molecule has 2 aromatic heterocycles. The van der Waals surface area contributed by atoms with Gasteiger partial charge in [0.1, 0.15) is 9.88 Å². The van der Waals surface area contributed by atoms with Gasteiger partial charge in [0.15, 0.2) is 0 Å². The Balaban J connectivity index is 2.17. The van der Waals surface area contributed by atoms with Gasteiger partial charge in [0, 0.05) is 19.2 Å². The molecule has 10 heteroatoms. The van der Waals surface area contributed by atoms with Crippen LogP contribution in [-0.4, -0.2) is 41.3 Å². The lowest BCUT2D eigenvalue weighted by Crippen LogP contribution is -2.16. The molecular formula is C17H20IN3O5S. The first-order chi connectivity index (χ1) is 12.8. The van der Waals surface area contributed by atoms with E-state index in [-0.39, 0.29) is 34.4 Å². The third-order valence-electron chi connectivity index (χ3n) is 3.70. The number of thiophene rings is 1. The maximum Gasteiger partial charge on any atom is 0.348 e. The van der Waals surface area contributed by atoms with Crippen LogP contribution in [0.15, 0.2) is 6.20 Å². The van der Waals surface area contributed by atoms with Crippen molar-refractivity contribution in [3.63, 3.8) is 0 Å². The van der Waals surface area contributed by atoms with E-state index in [4.69, 9.17) is 9.47 Å². The summed E-state index contributed by atoms with van der Waals surface area (Å²) in [4.78, 5) is 36.8. The molecule has 2 heterocycles. The standard InChI is InChI=1S/C17H20IN3O5S/c1-5-26-17(24)14-9(2)13(16(23)25-4)15(27-14)19-12(22)6-7-21-8-11(18)10(3)20-21/h8H,5-7H2,1-4H3,(H,19,22). The zero-order valence-corrected chi connectivity index (χ0v) is 18.4. The number of ether oxygens (including phenoxy) is 2. The molecule has 146 valence electrons. The molecule has 0 unspecified atom stereocenters. The van der Waals surface area contributed by atoms with E-state index >= 15 is 0 Å². The average Bonchev–Trinajstić information content (AvgIpc) is 3.12. The lowest BCUT2D eigenvalue weighted by atomic mass is 10.1. The molecule has 1 amide bonds. The Morgan fingerprint density at radius 1 is 1.30 bits per heavy atom. The first-order valence-electron chi connectivity index (χ1n) is 8.16. The lowest BCUT2D eigenvalue weighted by molar-refractivity contribution is -0.116. The number of nitrogens with zero attached hydrogens (tertiary/aromatic N) is 2. The summed E-state index contributed by atoms with van der Waals surface area (Å²) < 4.78 is 12.5. The molecule has 0 aliphatic heterocycles. The molecule has 2 aromatic rings. The summed E-state index contributed by atoms with van der Waals surface area (Å²) in [6.07, 6.45) is 2.03. The number of aromatic nitrogens is 2. The summed E-state index contributed by atoms with van der Waals surface area (Å²) in [7, 11) is 1.25. The summed E-state index contributed by atoms with van der Waals surface area (Å²) in [6.45, 7) is 5.83. The molecule has 2 rings (SSSR count). The summed E-state index contributed by atoms with van der Waals surface area (Å²) in [6, 6.07) is 0. The molecule has 0 spiro atoms. The lowest BCUT2D eigenvalue weighted by Gasteiger charge is -2.06. The monoisotopic (exact) mass is 505 g/mol. The van der Waals surface area contributed by atoms with Crippen LogP contribution in [0.25, 0.3) is 0 Å². The Hall–Kier alpha value is -1.95. The fraction of sp³-hybridized carbons (Fsp3) is 0.412. The van der Waals surface area contributed by atoms with Crippen LogP contribution in [0.1, 0.15) is 44.6 Å². The molecule has 0 saturated carbocycles. The van der Waals surface area contributed by atoms with E-state index in [0.717, 1.165) is 20.6 Å². The van der Waals surface area contributed by atoms with Gasteiger partial charge in [-0.05, 0) is 48.9 Å². The highest BCUT2D eigenvalue weighted by atomic mass is 127. The van der Waals surface area contributed by atoms with Gasteiger partial charge in [0.25, 0.3) is 0 Å². The Morgan fingerprint density at radius 3 is 2.56 bits per heavy atom. The van der Waals surface area contributed by atoms with Gasteiger partial charge in [-0.15, -0.1) is 11.3 Å². The predicted molar refractivity (Wildman–Crippen MR) is 109 cm³/mol. The maximum atomic E-state index is 12.3. The highest BCUT2D eigenvalue weighted by Crippen LogP contribution is 2.34. The molecule has 0 aliphatic rings. The minimum Gasteiger partial charge on any atom is -0.465 e. The largest absolute Gasteiger partial charge is 0.465 e. The number of hydrogen-bond acceptors (Lipinski definition) is 7. The second kappa shape index (κ2) is 9.31. The van der Waals surface area contributed by atoms with Crippen molar-refractivity contribution < 1.29 is 23.9 Å². The van der Waals surface area contributed by atoms with Crippen LogP contribution in [0.5, 0.6) is 0 Å². The van der Waals surface area contributed by atoms with Crippen LogP contribution in [0.4, 0.5) is 5.00 Å². The second-order valence-electron chi connectivity index (χ2n) is 5.60. The predicted octanol–water partition coefficient (Wildman–Crippen LogP) is 3.16. The van der Waals surface area contributed by atoms with Gasteiger partial charge in [-0.3, -0.25) is 9.48 Å². The smallest absolute Gasteiger partial charge is 0.348 e. The Labute approximate surface area is 174 Å². The van der Waals surface area contributed by atoms with Gasteiger partial charge >= 0.3 is 11.9 Å². The molecule has 0 atom stereocenters. The molecule has 0 bridgehead atoms. The van der Waals surface area contributed by atoms with E-state index in [0.29, 0.717) is 12.1 Å². The van der Waals surface area contributed by atoms with Crippen molar-refractivity contribution >= 4 is 56.8 Å². The first-order valence-corrected chi connectivity index (χ1v) is 10.1. The van der Waals surface area contributed by atoms with Crippen LogP contribution in [0, 0.1) is 17.4 Å². The summed E-state index contributed by atoms with van der Waals surface area (Å²) in [5.74, 6) is -1.45. The molecule has 0 saturated heterocycles. The van der Waals surface area contributed by atoms with Crippen LogP contribution in [0.3, 0.4) is 0 Å². The molecule has 0 aromatic carbocycles. The Bertz CT molecular complexity index is 855. The van der Waals surface area contributed by atoms with Crippen molar-refractivity contribution in [2.45, 2.75) is 33.7 Å². The number of carbonyl (C=O) groups is 3. The second-order valence-corrected chi connectivity index (χ2v) is 7.78. The van der Waals surface area contributed by atoms with Gasteiger partial charge < -0.3 is 14.8 Å². The Kier molecular flexibility index (Phi) is 7.36. The van der Waals surface area contributed by atoms with E-state index in [9.17, 15) is 14.4 Å². The molecule has 0 aliphatic carbocycles. The number of aryl methyl sites for hydroxylation is 2. The van der Waals surface area contributed by atoms with E-state index in [1.807, 2.05) is 13.1 Å². The van der Waals surface area contributed by atoms with Crippen molar-refractivity contribution in [3.05, 3.63) is 31.5 Å². The highest BCUT2D eigenvalue weighted by Gasteiger charge is 2.26. The van der Waals surface area contributed by atoms with E-state index in [2.05, 4.69) is 33.0 Å². The molecule has 0 fully saturated rings. The van der Waals surface area contributed by atoms with E-state index in [1.54, 1.807) is 18.5 Å². The quantitative estimate of drug-likeness (QED) is 0.459. The van der Waals surface area contributed by atoms with Gasteiger partial charge in [-0.25, -0.2) is 9.59 Å². The number of halogens is 1. The first kappa shape index (κ1) is 21.4. The number of methoxy groups -OCH3 is 1. The SMILES string of the molecule is CCOC(=O)c1sc(NC(=O)CCn2cc(I)c(C)n2)c(C(=O)OC)c1C. The number of rotatable bonds is 7. The van der Waals surface area contributed by atoms with E-state index in [1.165, 1.54) is 7.11 Å². The fourth-order valence-electron chi connectivity index (χ4n) is 2.35. The fourth-order valence-corrected chi connectivity index (χ4v) is 3.89. The highest BCUT2D eigenvalue weighted by molar-refractivity contribution is 14.1. The minimum atomic E-state index is -0.619. The number of carbonyl (C=O) groups excluding carboxylic acids is 3. The topological polar surface area (TPSA) is 99.5 Å². The van der Waals surface area contributed by atoms with E-state index < -0.39 is 11.9 Å². The third kappa shape index (κ3) is 5.06. The van der Waals surface area contributed by atoms with Gasteiger partial charge in [0.2, 0.25) is 5.91 Å². The summed E-state index contributed by atoms with van der Waals surface area (Å²) in [5, 5.41) is 7.29. The summed E-state index contributed by atoms with van der Waals surface area (Å²) in [5.41, 5.74) is 1.50. The summed E-state index contributed by atoms with van der Waals surface area (Å²) >= 11 is 3.18. The van der Waals surface area contributed by atoms with Gasteiger partial charge in [0.05, 0.1) is 28.5 Å². The zero-order chi connectivity index (χ0) is 20.1. The van der Waals surface area contributed by atoms with Crippen molar-refractivity contribution in [1.82, 2.24) is 9.78 Å². The average molecular weight is 505 g/mol. The van der Waals surface area contributed by atoms with Crippen molar-refractivity contribution in [2.24, 2.45) is 0 Å². The van der Waals surface area contributed by atoms with Crippen LogP contribution in [0.2, 0.25) is 0 Å². The van der Waals surface area contributed by atoms with Crippen LogP contribution in [-0.2, 0) is 20.8 Å². The molecule has 27 heavy (non-hydrogen) atoms. The van der Waals surface area contributed by atoms with Crippen molar-refractivity contribution in [3.8, 4) is 0 Å². The molecule has 8 nitrogen and oxygen atoms in total. The van der Waals surface area contributed by atoms with Gasteiger partial charge in [-0.1, -0.05) is 0 Å². The molecule has 1 N–H and O–H groups in total.